The van der Waals surface area contributed by atoms with Gasteiger partial charge in [0.2, 0.25) is 0 Å². The number of hydrogen-bond donors (Lipinski definition) is 1. The van der Waals surface area contributed by atoms with Gasteiger partial charge in [0.05, 0.1) is 6.04 Å². The van der Waals surface area contributed by atoms with E-state index in [1.54, 1.807) is 0 Å². The minimum atomic E-state index is -0.372. The molecule has 0 spiro atoms. The highest BCUT2D eigenvalue weighted by Crippen LogP contribution is 2.29. The van der Waals surface area contributed by atoms with Crippen LogP contribution in [-0.2, 0) is 0 Å². The molecule has 0 bridgehead atoms. The number of aryl methyl sites for hydroxylation is 2. The summed E-state index contributed by atoms with van der Waals surface area (Å²) in [4.78, 5) is 0. The van der Waals surface area contributed by atoms with E-state index < -0.39 is 0 Å². The van der Waals surface area contributed by atoms with Gasteiger partial charge in [-0.3, -0.25) is 0 Å². The van der Waals surface area contributed by atoms with Crippen LogP contribution in [0.15, 0.2) is 34.8 Å². The lowest BCUT2D eigenvalue weighted by molar-refractivity contribution is 0.622. The van der Waals surface area contributed by atoms with Gasteiger partial charge in [0.1, 0.15) is 5.82 Å². The fraction of sp³-hybridized carbons (Fsp3) is 0.200. The molecule has 1 atom stereocenters. The van der Waals surface area contributed by atoms with Gasteiger partial charge in [-0.25, -0.2) is 4.39 Å². The molecule has 0 fully saturated rings. The molecule has 0 saturated heterocycles. The fourth-order valence-electron chi connectivity index (χ4n) is 2.07. The van der Waals surface area contributed by atoms with Crippen LogP contribution < -0.4 is 5.73 Å². The molecule has 2 aromatic carbocycles. The van der Waals surface area contributed by atoms with E-state index in [2.05, 4.69) is 15.9 Å². The van der Waals surface area contributed by atoms with Crippen LogP contribution in [0.1, 0.15) is 28.3 Å². The highest BCUT2D eigenvalue weighted by molar-refractivity contribution is 9.10. The van der Waals surface area contributed by atoms with Crippen LogP contribution >= 0.6 is 27.5 Å². The molecule has 1 nitrogen and oxygen atoms in total. The van der Waals surface area contributed by atoms with E-state index in [-0.39, 0.29) is 11.9 Å². The Morgan fingerprint density at radius 1 is 1.11 bits per heavy atom. The third-order valence-electron chi connectivity index (χ3n) is 3.13. The van der Waals surface area contributed by atoms with Crippen LogP contribution in [0, 0.1) is 19.7 Å². The van der Waals surface area contributed by atoms with E-state index in [1.807, 2.05) is 32.0 Å². The van der Waals surface area contributed by atoms with E-state index in [0.717, 1.165) is 22.3 Å². The van der Waals surface area contributed by atoms with E-state index in [1.165, 1.54) is 12.1 Å². The topological polar surface area (TPSA) is 26.0 Å². The highest BCUT2D eigenvalue weighted by atomic mass is 79.9. The monoisotopic (exact) mass is 341 g/mol. The number of benzene rings is 2. The van der Waals surface area contributed by atoms with Gasteiger partial charge >= 0.3 is 0 Å². The van der Waals surface area contributed by atoms with Crippen LogP contribution in [0.3, 0.4) is 0 Å². The first-order chi connectivity index (χ1) is 8.88. The van der Waals surface area contributed by atoms with Gasteiger partial charge < -0.3 is 5.73 Å². The van der Waals surface area contributed by atoms with Crippen molar-refractivity contribution < 1.29 is 4.39 Å². The zero-order chi connectivity index (χ0) is 14.2. The van der Waals surface area contributed by atoms with Gasteiger partial charge in [-0.05, 0) is 60.4 Å². The van der Waals surface area contributed by atoms with Gasteiger partial charge in [0.25, 0.3) is 0 Å². The minimum Gasteiger partial charge on any atom is -0.320 e. The Kier molecular flexibility index (Phi) is 4.29. The molecule has 0 aliphatic heterocycles. The average Bonchev–Trinajstić information content (AvgIpc) is 2.31. The summed E-state index contributed by atoms with van der Waals surface area (Å²) in [6.45, 7) is 3.88. The summed E-state index contributed by atoms with van der Waals surface area (Å²) in [5.74, 6) is -0.303. The second kappa shape index (κ2) is 5.61. The van der Waals surface area contributed by atoms with Crippen molar-refractivity contribution in [1.82, 2.24) is 0 Å². The maximum atomic E-state index is 13.4. The van der Waals surface area contributed by atoms with Crippen molar-refractivity contribution in [2.75, 3.05) is 0 Å². The van der Waals surface area contributed by atoms with Gasteiger partial charge in [-0.1, -0.05) is 33.6 Å². The Morgan fingerprint density at radius 3 is 2.42 bits per heavy atom. The van der Waals surface area contributed by atoms with E-state index in [9.17, 15) is 4.39 Å². The minimum absolute atomic E-state index is 0.303. The van der Waals surface area contributed by atoms with Crippen LogP contribution in [0.4, 0.5) is 4.39 Å². The van der Waals surface area contributed by atoms with Crippen LogP contribution in [-0.4, -0.2) is 0 Å². The van der Waals surface area contributed by atoms with Gasteiger partial charge in [-0.2, -0.15) is 0 Å². The van der Waals surface area contributed by atoms with Crippen molar-refractivity contribution >= 4 is 27.5 Å². The van der Waals surface area contributed by atoms with Crippen LogP contribution in [0.25, 0.3) is 0 Å². The summed E-state index contributed by atoms with van der Waals surface area (Å²) in [5.41, 5.74) is 9.90. The summed E-state index contributed by atoms with van der Waals surface area (Å²) in [6, 6.07) is 8.18. The van der Waals surface area contributed by atoms with Crippen molar-refractivity contribution in [2.45, 2.75) is 19.9 Å². The Hall–Kier alpha value is -0.900. The molecule has 0 saturated carbocycles. The van der Waals surface area contributed by atoms with Gasteiger partial charge in [0.15, 0.2) is 0 Å². The quantitative estimate of drug-likeness (QED) is 0.825. The molecule has 2 rings (SSSR count). The third kappa shape index (κ3) is 3.16. The molecule has 2 N–H and O–H groups in total. The smallest absolute Gasteiger partial charge is 0.124 e. The number of halogens is 3. The predicted octanol–water partition coefficient (Wildman–Crippen LogP) is 4.91. The number of rotatable bonds is 2. The molecule has 2 aromatic rings. The molecule has 19 heavy (non-hydrogen) atoms. The first kappa shape index (κ1) is 14.5. The maximum Gasteiger partial charge on any atom is 0.124 e. The molecule has 4 heteroatoms. The average molecular weight is 343 g/mol. The second-order valence-corrected chi connectivity index (χ2v) is 5.96. The summed E-state index contributed by atoms with van der Waals surface area (Å²) >= 11 is 9.36. The second-order valence-electron chi connectivity index (χ2n) is 4.64. The lowest BCUT2D eigenvalue weighted by atomic mass is 9.94. The molecule has 0 heterocycles. The Balaban J connectivity index is 2.49. The van der Waals surface area contributed by atoms with Crippen molar-refractivity contribution in [1.29, 1.82) is 0 Å². The standard InChI is InChI=1S/C15H14BrClFN/c1-8-4-14(17)9(2)3-13(8)15(19)10-5-11(16)7-12(18)6-10/h3-7,15H,19H2,1-2H3. The molecule has 100 valence electrons. The highest BCUT2D eigenvalue weighted by Gasteiger charge is 2.14. The number of nitrogens with two attached hydrogens (primary N) is 1. The summed E-state index contributed by atoms with van der Waals surface area (Å²) in [7, 11) is 0. The third-order valence-corrected chi connectivity index (χ3v) is 3.99. The Labute approximate surface area is 125 Å². The molecule has 1 unspecified atom stereocenters. The Bertz CT molecular complexity index is 608. The van der Waals surface area contributed by atoms with E-state index in [4.69, 9.17) is 17.3 Å². The first-order valence-electron chi connectivity index (χ1n) is 5.86. The normalized spacial score (nSPS) is 12.5. The van der Waals surface area contributed by atoms with Crippen molar-refractivity contribution in [3.63, 3.8) is 0 Å². The van der Waals surface area contributed by atoms with E-state index >= 15 is 0 Å². The van der Waals surface area contributed by atoms with Crippen molar-refractivity contribution in [3.05, 3.63) is 67.9 Å². The summed E-state index contributed by atoms with van der Waals surface area (Å²) in [5, 5.41) is 0.717. The van der Waals surface area contributed by atoms with E-state index in [0.29, 0.717) is 9.50 Å². The molecular formula is C15H14BrClFN. The molecule has 0 radical (unpaired) electrons. The fourth-order valence-corrected chi connectivity index (χ4v) is 2.77. The lowest BCUT2D eigenvalue weighted by Crippen LogP contribution is -2.14. The van der Waals surface area contributed by atoms with Crippen LogP contribution in [0.5, 0.6) is 0 Å². The molecule has 0 aliphatic carbocycles. The summed E-state index contributed by atoms with van der Waals surface area (Å²) < 4.78 is 14.1. The van der Waals surface area contributed by atoms with Crippen molar-refractivity contribution in [2.24, 2.45) is 5.73 Å². The predicted molar refractivity (Wildman–Crippen MR) is 81.1 cm³/mol. The van der Waals surface area contributed by atoms with Crippen LogP contribution in [0.2, 0.25) is 5.02 Å². The molecule has 0 aliphatic rings. The number of hydrogen-bond acceptors (Lipinski definition) is 1. The largest absolute Gasteiger partial charge is 0.320 e. The maximum absolute atomic E-state index is 13.4. The zero-order valence-corrected chi connectivity index (χ0v) is 13.0. The van der Waals surface area contributed by atoms with Crippen molar-refractivity contribution in [3.8, 4) is 0 Å². The summed E-state index contributed by atoms with van der Waals surface area (Å²) in [6.07, 6.45) is 0. The SMILES string of the molecule is Cc1cc(C(N)c2cc(F)cc(Br)c2)c(C)cc1Cl. The molecule has 0 amide bonds. The zero-order valence-electron chi connectivity index (χ0n) is 10.7. The molecule has 0 aromatic heterocycles. The lowest BCUT2D eigenvalue weighted by Gasteiger charge is -2.17. The first-order valence-corrected chi connectivity index (χ1v) is 7.04. The Morgan fingerprint density at radius 2 is 1.79 bits per heavy atom. The van der Waals surface area contributed by atoms with Gasteiger partial charge in [0, 0.05) is 9.50 Å². The van der Waals surface area contributed by atoms with Gasteiger partial charge in [-0.15, -0.1) is 0 Å². The molecular weight excluding hydrogens is 329 g/mol.